The van der Waals surface area contributed by atoms with Crippen LogP contribution in [-0.4, -0.2) is 6.54 Å². The summed E-state index contributed by atoms with van der Waals surface area (Å²) in [6.07, 6.45) is -5.08. The van der Waals surface area contributed by atoms with Crippen LogP contribution in [0.15, 0.2) is 30.3 Å². The third-order valence-electron chi connectivity index (χ3n) is 4.32. The van der Waals surface area contributed by atoms with Crippen molar-refractivity contribution in [1.82, 2.24) is 0 Å². The monoisotopic (exact) mass is 386 g/mol. The van der Waals surface area contributed by atoms with E-state index in [1.165, 1.54) is 6.07 Å². The van der Waals surface area contributed by atoms with Crippen molar-refractivity contribution >= 4 is 23.5 Å². The quantitative estimate of drug-likeness (QED) is 0.555. The van der Waals surface area contributed by atoms with Gasteiger partial charge >= 0.3 is 12.4 Å². The van der Waals surface area contributed by atoms with Crippen LogP contribution in [0.2, 0.25) is 0 Å². The van der Waals surface area contributed by atoms with Crippen molar-refractivity contribution in [2.45, 2.75) is 25.2 Å². The third-order valence-corrected chi connectivity index (χ3v) is 4.32. The zero-order chi connectivity index (χ0) is 19.8. The van der Waals surface area contributed by atoms with Crippen LogP contribution in [0.25, 0.3) is 12.2 Å². The average molecular weight is 386 g/mol. The second-order valence-electron chi connectivity index (χ2n) is 6.24. The van der Waals surface area contributed by atoms with Crippen molar-refractivity contribution in [3.8, 4) is 0 Å². The Kier molecular flexibility index (Phi) is 4.94. The summed E-state index contributed by atoms with van der Waals surface area (Å²) in [7, 11) is 0. The van der Waals surface area contributed by atoms with E-state index < -0.39 is 23.5 Å². The Morgan fingerprint density at radius 3 is 2.11 bits per heavy atom. The van der Waals surface area contributed by atoms with Crippen LogP contribution in [-0.2, 0) is 18.8 Å². The Balaban J connectivity index is 2.13. The number of halogens is 6. The number of alkyl halides is 6. The molecule has 0 atom stereocenters. The Morgan fingerprint density at radius 1 is 0.815 bits per heavy atom. The molecule has 1 heterocycles. The summed E-state index contributed by atoms with van der Waals surface area (Å²) in [6, 6.07) is 5.11. The van der Waals surface area contributed by atoms with Crippen LogP contribution >= 0.6 is 0 Å². The van der Waals surface area contributed by atoms with E-state index in [-0.39, 0.29) is 11.4 Å². The fraction of sp³-hybridized carbons (Fsp3) is 0.263. The minimum absolute atomic E-state index is 0.101. The van der Waals surface area contributed by atoms with Crippen LogP contribution in [0.4, 0.5) is 37.7 Å². The topological polar surface area (TPSA) is 38.0 Å². The number of fused-ring (bicyclic) bond motifs is 2. The Labute approximate surface area is 151 Å². The highest BCUT2D eigenvalue weighted by atomic mass is 19.4. The molecule has 3 N–H and O–H groups in total. The van der Waals surface area contributed by atoms with Crippen molar-refractivity contribution in [3.05, 3.63) is 58.1 Å². The van der Waals surface area contributed by atoms with Gasteiger partial charge in [0.05, 0.1) is 11.1 Å². The first-order valence-corrected chi connectivity index (χ1v) is 8.20. The molecule has 0 saturated heterocycles. The van der Waals surface area contributed by atoms with Gasteiger partial charge in [0.25, 0.3) is 0 Å². The molecule has 1 aliphatic heterocycles. The van der Waals surface area contributed by atoms with Crippen molar-refractivity contribution in [1.29, 1.82) is 0 Å². The molecular formula is C19H16F6N2. The fourth-order valence-electron chi connectivity index (χ4n) is 2.98. The molecule has 0 aliphatic carbocycles. The van der Waals surface area contributed by atoms with E-state index in [1.807, 2.05) is 0 Å². The summed E-state index contributed by atoms with van der Waals surface area (Å²) >= 11 is 0. The van der Waals surface area contributed by atoms with Crippen LogP contribution in [0.5, 0.6) is 0 Å². The molecule has 2 aromatic carbocycles. The Morgan fingerprint density at radius 2 is 1.48 bits per heavy atom. The predicted molar refractivity (Wildman–Crippen MR) is 92.5 cm³/mol. The van der Waals surface area contributed by atoms with Gasteiger partial charge in [-0.25, -0.2) is 0 Å². The summed E-state index contributed by atoms with van der Waals surface area (Å²) in [5.74, 6) is 0. The molecule has 0 amide bonds. The molecule has 8 heteroatoms. The fourth-order valence-corrected chi connectivity index (χ4v) is 2.98. The van der Waals surface area contributed by atoms with Gasteiger partial charge in [0, 0.05) is 16.9 Å². The van der Waals surface area contributed by atoms with Gasteiger partial charge in [0.2, 0.25) is 0 Å². The normalized spacial score (nSPS) is 13.6. The molecular weight excluding hydrogens is 370 g/mol. The molecule has 0 unspecified atom stereocenters. The summed E-state index contributed by atoms with van der Waals surface area (Å²) in [5, 5.41) is 2.75. The van der Waals surface area contributed by atoms with E-state index in [1.54, 1.807) is 12.2 Å². The lowest BCUT2D eigenvalue weighted by molar-refractivity contribution is -0.138. The first kappa shape index (κ1) is 19.3. The number of hydrogen-bond donors (Lipinski definition) is 2. The van der Waals surface area contributed by atoms with Crippen LogP contribution in [0, 0.1) is 0 Å². The molecule has 144 valence electrons. The van der Waals surface area contributed by atoms with E-state index >= 15 is 0 Å². The lowest BCUT2D eigenvalue weighted by Crippen LogP contribution is -2.10. The van der Waals surface area contributed by atoms with Gasteiger partial charge in [-0.3, -0.25) is 0 Å². The largest absolute Gasteiger partial charge is 0.416 e. The predicted octanol–water partition coefficient (Wildman–Crippen LogP) is 5.84. The number of anilines is 2. The van der Waals surface area contributed by atoms with E-state index in [4.69, 9.17) is 5.73 Å². The van der Waals surface area contributed by atoms with Crippen LogP contribution < -0.4 is 11.1 Å². The van der Waals surface area contributed by atoms with Gasteiger partial charge in [-0.15, -0.1) is 0 Å². The van der Waals surface area contributed by atoms with E-state index in [2.05, 4.69) is 5.32 Å². The first-order valence-electron chi connectivity index (χ1n) is 8.20. The molecule has 0 spiro atoms. The van der Waals surface area contributed by atoms with Gasteiger partial charge in [0.15, 0.2) is 0 Å². The lowest BCUT2D eigenvalue weighted by Gasteiger charge is -2.18. The van der Waals surface area contributed by atoms with Crippen molar-refractivity contribution < 1.29 is 26.3 Å². The maximum atomic E-state index is 13.3. The highest BCUT2D eigenvalue weighted by molar-refractivity contribution is 5.89. The number of rotatable bonds is 3. The van der Waals surface area contributed by atoms with E-state index in [0.29, 0.717) is 36.1 Å². The number of nitrogens with one attached hydrogen (secondary N) is 1. The van der Waals surface area contributed by atoms with Gasteiger partial charge in [-0.05, 0) is 54.8 Å². The van der Waals surface area contributed by atoms with Gasteiger partial charge in [0.1, 0.15) is 0 Å². The van der Waals surface area contributed by atoms with Crippen LogP contribution in [0.1, 0.15) is 34.2 Å². The lowest BCUT2D eigenvalue weighted by atomic mass is 9.97. The highest BCUT2D eigenvalue weighted by Gasteiger charge is 2.33. The molecule has 0 fully saturated rings. The molecule has 2 aromatic rings. The Bertz CT molecular complexity index is 881. The number of nitrogens with two attached hydrogens (primary N) is 1. The zero-order valence-corrected chi connectivity index (χ0v) is 14.0. The minimum Gasteiger partial charge on any atom is -0.355 e. The maximum Gasteiger partial charge on any atom is 0.416 e. The molecule has 3 rings (SSSR count). The molecule has 1 aliphatic rings. The molecule has 0 bridgehead atoms. The minimum atomic E-state index is -4.57. The SMILES string of the molecule is NCCCc1cc(C(F)(F)F)cc2c1C=Cc1ccc(C(F)(F)F)cc1N2. The van der Waals surface area contributed by atoms with E-state index in [9.17, 15) is 26.3 Å². The standard InChI is InChI=1S/C19H16F6N2/c20-18(21,22)13-5-3-11-4-6-15-12(2-1-7-26)8-14(19(23,24)25)10-17(15)27-16(11)9-13/h3-6,8-10,27H,1-2,7,26H2. The smallest absolute Gasteiger partial charge is 0.355 e. The average Bonchev–Trinajstić information content (AvgIpc) is 2.76. The third kappa shape index (κ3) is 4.10. The number of benzene rings is 2. The van der Waals surface area contributed by atoms with Crippen molar-refractivity contribution in [3.63, 3.8) is 0 Å². The van der Waals surface area contributed by atoms with E-state index in [0.717, 1.165) is 24.3 Å². The molecule has 0 saturated carbocycles. The molecule has 0 radical (unpaired) electrons. The van der Waals surface area contributed by atoms with Crippen molar-refractivity contribution in [2.75, 3.05) is 11.9 Å². The second-order valence-corrected chi connectivity index (χ2v) is 6.24. The van der Waals surface area contributed by atoms with Crippen LogP contribution in [0.3, 0.4) is 0 Å². The summed E-state index contributed by atoms with van der Waals surface area (Å²) in [4.78, 5) is 0. The summed E-state index contributed by atoms with van der Waals surface area (Å²) in [6.45, 7) is 0.317. The summed E-state index contributed by atoms with van der Waals surface area (Å²) in [5.41, 5.74) is 5.37. The zero-order valence-electron chi connectivity index (χ0n) is 14.0. The second kappa shape index (κ2) is 6.92. The first-order chi connectivity index (χ1) is 12.6. The molecule has 27 heavy (non-hydrogen) atoms. The highest BCUT2D eigenvalue weighted by Crippen LogP contribution is 2.40. The maximum absolute atomic E-state index is 13.3. The van der Waals surface area contributed by atoms with Gasteiger partial charge in [-0.2, -0.15) is 26.3 Å². The van der Waals surface area contributed by atoms with Gasteiger partial charge < -0.3 is 11.1 Å². The van der Waals surface area contributed by atoms with Crippen molar-refractivity contribution in [2.24, 2.45) is 5.73 Å². The Hall–Kier alpha value is -2.48. The summed E-state index contributed by atoms with van der Waals surface area (Å²) < 4.78 is 78.7. The number of hydrogen-bond acceptors (Lipinski definition) is 2. The molecule has 0 aromatic heterocycles. The number of aryl methyl sites for hydroxylation is 1. The molecule has 2 nitrogen and oxygen atoms in total. The van der Waals surface area contributed by atoms with Gasteiger partial charge in [-0.1, -0.05) is 18.2 Å².